The van der Waals surface area contributed by atoms with Crippen molar-refractivity contribution >= 4 is 32.1 Å². The van der Waals surface area contributed by atoms with Crippen LogP contribution in [0.2, 0.25) is 0 Å². The van der Waals surface area contributed by atoms with Crippen molar-refractivity contribution in [2.24, 2.45) is 5.73 Å². The highest BCUT2D eigenvalue weighted by molar-refractivity contribution is 7.90. The topological polar surface area (TPSA) is 200 Å². The molecule has 2 heterocycles. The van der Waals surface area contributed by atoms with Gasteiger partial charge in [-0.05, 0) is 58.3 Å². The molecule has 1 atom stereocenters. The molecule has 0 amide bonds. The molecule has 47 heavy (non-hydrogen) atoms. The lowest BCUT2D eigenvalue weighted by molar-refractivity contribution is 0.414. The van der Waals surface area contributed by atoms with Crippen LogP contribution < -0.4 is 19.9 Å². The van der Waals surface area contributed by atoms with Gasteiger partial charge in [0.25, 0.3) is 0 Å². The molecule has 242 valence electrons. The number of hydrogen-bond acceptors (Lipinski definition) is 10. The molecule has 0 bridgehead atoms. The third kappa shape index (κ3) is 6.63. The Morgan fingerprint density at radius 2 is 1.62 bits per heavy atom. The van der Waals surface area contributed by atoms with Crippen LogP contribution in [0.1, 0.15) is 17.0 Å². The molecular weight excluding hydrogens is 645 g/mol. The maximum Gasteiger partial charge on any atom is 0.242 e. The first-order valence-electron chi connectivity index (χ1n) is 14.2. The lowest BCUT2D eigenvalue weighted by Crippen LogP contribution is -2.25. The smallest absolute Gasteiger partial charge is 0.242 e. The zero-order chi connectivity index (χ0) is 33.1. The monoisotopic (exact) mass is 674 g/mol. The maximum atomic E-state index is 14.2. The largest absolute Gasteiger partial charge is 0.497 e. The predicted molar refractivity (Wildman–Crippen MR) is 174 cm³/mol. The fourth-order valence-corrected chi connectivity index (χ4v) is 7.40. The van der Waals surface area contributed by atoms with Crippen molar-refractivity contribution in [2.75, 3.05) is 14.2 Å². The second kappa shape index (κ2) is 13.4. The lowest BCUT2D eigenvalue weighted by Gasteiger charge is -2.17. The number of benzene rings is 4. The number of aromatic amines is 1. The number of ether oxygens (including phenoxy) is 2. The number of sulfonamides is 1. The number of H-pyrrole nitrogens is 1. The van der Waals surface area contributed by atoms with Crippen molar-refractivity contribution in [1.29, 1.82) is 0 Å². The van der Waals surface area contributed by atoms with Crippen LogP contribution in [0, 0.1) is 0 Å². The number of nitrogens with one attached hydrogen (secondary N) is 2. The van der Waals surface area contributed by atoms with Crippen LogP contribution in [-0.2, 0) is 40.7 Å². The van der Waals surface area contributed by atoms with Crippen LogP contribution >= 0.6 is 0 Å². The van der Waals surface area contributed by atoms with E-state index in [1.54, 1.807) is 61.7 Å². The van der Waals surface area contributed by atoms with Crippen LogP contribution in [0.15, 0.2) is 88.7 Å². The number of para-hydroxylation sites is 1. The Bertz CT molecular complexity index is 2180. The summed E-state index contributed by atoms with van der Waals surface area (Å²) < 4.78 is 64.4. The number of imidazole rings is 1. The summed E-state index contributed by atoms with van der Waals surface area (Å²) in [5.41, 5.74) is 9.38. The molecule has 0 aliphatic rings. The maximum absolute atomic E-state index is 14.2. The minimum absolute atomic E-state index is 0.0158. The first-order chi connectivity index (χ1) is 22.7. The zero-order valence-corrected chi connectivity index (χ0v) is 26.9. The SMILES string of the molecule is COc1ccc(CNS(=O)(=O)c2c(S(=O)O)ccc(-c3cccc4[nH]c(CN)nc34)c2-c2nnn(Cc3ccc(OC)cc3)n2)cc1. The van der Waals surface area contributed by atoms with Gasteiger partial charge in [-0.2, -0.15) is 4.80 Å². The number of hydrogen-bond donors (Lipinski definition) is 4. The Balaban J connectivity index is 1.52. The second-order valence-corrected chi connectivity index (χ2v) is 13.0. The van der Waals surface area contributed by atoms with Gasteiger partial charge in [0.15, 0.2) is 11.1 Å². The van der Waals surface area contributed by atoms with Gasteiger partial charge in [0.1, 0.15) is 22.2 Å². The molecule has 0 aliphatic heterocycles. The highest BCUT2D eigenvalue weighted by Crippen LogP contribution is 2.40. The summed E-state index contributed by atoms with van der Waals surface area (Å²) >= 11 is -2.71. The van der Waals surface area contributed by atoms with E-state index in [1.807, 2.05) is 18.2 Å². The number of aromatic nitrogens is 6. The third-order valence-electron chi connectivity index (χ3n) is 7.41. The van der Waals surface area contributed by atoms with Crippen molar-refractivity contribution in [3.8, 4) is 34.0 Å². The first-order valence-corrected chi connectivity index (χ1v) is 16.8. The minimum atomic E-state index is -4.48. The van der Waals surface area contributed by atoms with Gasteiger partial charge in [0, 0.05) is 12.1 Å². The molecular formula is C31H30N8O6S2. The fraction of sp³-hybridized carbons (Fsp3) is 0.161. The molecule has 0 spiro atoms. The molecule has 0 radical (unpaired) electrons. The first kappa shape index (κ1) is 32.0. The number of methoxy groups -OCH3 is 2. The number of rotatable bonds is 12. The third-order valence-corrected chi connectivity index (χ3v) is 9.74. The molecule has 14 nitrogen and oxygen atoms in total. The molecule has 0 fully saturated rings. The van der Waals surface area contributed by atoms with E-state index in [-0.39, 0.29) is 35.9 Å². The molecule has 5 N–H and O–H groups in total. The molecule has 0 saturated heterocycles. The molecule has 0 saturated carbocycles. The van der Waals surface area contributed by atoms with Gasteiger partial charge in [0.2, 0.25) is 15.8 Å². The average Bonchev–Trinajstić information content (AvgIpc) is 3.74. The van der Waals surface area contributed by atoms with Crippen LogP contribution in [0.25, 0.3) is 33.5 Å². The molecule has 2 aromatic heterocycles. The van der Waals surface area contributed by atoms with Gasteiger partial charge < -0.3 is 24.7 Å². The van der Waals surface area contributed by atoms with E-state index < -0.39 is 26.0 Å². The highest BCUT2D eigenvalue weighted by Gasteiger charge is 2.32. The molecule has 16 heteroatoms. The van der Waals surface area contributed by atoms with Gasteiger partial charge in [-0.15, -0.1) is 10.2 Å². The average molecular weight is 675 g/mol. The summed E-state index contributed by atoms with van der Waals surface area (Å²) in [4.78, 5) is 8.28. The summed E-state index contributed by atoms with van der Waals surface area (Å²) in [6, 6.07) is 22.3. The number of tetrazole rings is 1. The molecule has 1 unspecified atom stereocenters. The Hall–Kier alpha value is -5.00. The molecule has 6 aromatic rings. The predicted octanol–water partition coefficient (Wildman–Crippen LogP) is 3.47. The van der Waals surface area contributed by atoms with Crippen molar-refractivity contribution in [1.82, 2.24) is 34.9 Å². The van der Waals surface area contributed by atoms with Gasteiger partial charge >= 0.3 is 0 Å². The van der Waals surface area contributed by atoms with E-state index in [9.17, 15) is 17.2 Å². The second-order valence-electron chi connectivity index (χ2n) is 10.3. The van der Waals surface area contributed by atoms with Crippen molar-refractivity contribution in [3.63, 3.8) is 0 Å². The van der Waals surface area contributed by atoms with Gasteiger partial charge in [-0.25, -0.2) is 22.3 Å². The van der Waals surface area contributed by atoms with Crippen LogP contribution in [0.5, 0.6) is 11.5 Å². The summed E-state index contributed by atoms with van der Waals surface area (Å²) in [6.45, 7) is 0.254. The normalized spacial score (nSPS) is 12.3. The quantitative estimate of drug-likeness (QED) is 0.139. The Kier molecular flexibility index (Phi) is 9.10. The van der Waals surface area contributed by atoms with E-state index in [0.29, 0.717) is 45.0 Å². The van der Waals surface area contributed by atoms with Crippen LogP contribution in [-0.4, -0.2) is 61.6 Å². The van der Waals surface area contributed by atoms with E-state index in [0.717, 1.165) is 5.56 Å². The van der Waals surface area contributed by atoms with E-state index in [1.165, 1.54) is 18.0 Å². The van der Waals surface area contributed by atoms with Crippen molar-refractivity contribution in [2.45, 2.75) is 29.4 Å². The molecule has 0 aliphatic carbocycles. The van der Waals surface area contributed by atoms with Crippen LogP contribution in [0.3, 0.4) is 0 Å². The minimum Gasteiger partial charge on any atom is -0.497 e. The van der Waals surface area contributed by atoms with E-state index in [4.69, 9.17) is 15.2 Å². The Morgan fingerprint density at radius 1 is 0.936 bits per heavy atom. The number of nitrogens with two attached hydrogens (primary N) is 1. The number of nitrogens with zero attached hydrogens (tertiary/aromatic N) is 5. The van der Waals surface area contributed by atoms with Gasteiger partial charge in [-0.3, -0.25) is 0 Å². The summed E-state index contributed by atoms with van der Waals surface area (Å²) in [5, 5.41) is 13.0. The Labute approximate surface area is 272 Å². The number of fused-ring (bicyclic) bond motifs is 1. The van der Waals surface area contributed by atoms with Crippen molar-refractivity contribution in [3.05, 3.63) is 95.8 Å². The summed E-state index contributed by atoms with van der Waals surface area (Å²) in [6.07, 6.45) is 0. The zero-order valence-electron chi connectivity index (χ0n) is 25.2. The summed E-state index contributed by atoms with van der Waals surface area (Å²) in [5.74, 6) is 1.75. The highest BCUT2D eigenvalue weighted by atomic mass is 32.2. The standard InChI is InChI=1S/C31H30N8O6S2/c1-44-21-10-6-19(7-11-21)17-33-47(42,43)30-26(46(40)41)15-14-23(24-4-3-5-25-29(24)35-27(16-32)34-25)28(30)31-36-38-39(37-31)18-20-8-12-22(45-2)13-9-20/h3-15,33H,16-18,32H2,1-2H3,(H,34,35)(H,40,41). The van der Waals surface area contributed by atoms with E-state index >= 15 is 0 Å². The Morgan fingerprint density at radius 3 is 2.26 bits per heavy atom. The lowest BCUT2D eigenvalue weighted by atomic mass is 9.98. The van der Waals surface area contributed by atoms with Crippen molar-refractivity contribution < 1.29 is 26.7 Å². The fourth-order valence-electron chi connectivity index (χ4n) is 5.11. The van der Waals surface area contributed by atoms with E-state index in [2.05, 4.69) is 30.1 Å². The summed E-state index contributed by atoms with van der Waals surface area (Å²) in [7, 11) is -1.38. The molecule has 6 rings (SSSR count). The molecule has 4 aromatic carbocycles. The van der Waals surface area contributed by atoms with Gasteiger partial charge in [-0.1, -0.05) is 42.5 Å². The van der Waals surface area contributed by atoms with Gasteiger partial charge in [0.05, 0.1) is 48.8 Å². The van der Waals surface area contributed by atoms with Crippen LogP contribution in [0.4, 0.5) is 0 Å².